The summed E-state index contributed by atoms with van der Waals surface area (Å²) in [5.74, 6) is -0.212. The van der Waals surface area contributed by atoms with Crippen molar-refractivity contribution in [2.45, 2.75) is 26.7 Å². The zero-order valence-electron chi connectivity index (χ0n) is 11.4. The first kappa shape index (κ1) is 17.3. The summed E-state index contributed by atoms with van der Waals surface area (Å²) in [6.45, 7) is 6.22. The molecule has 0 aromatic carbocycles. The molecule has 0 bridgehead atoms. The molecule has 0 amide bonds. The van der Waals surface area contributed by atoms with Crippen LogP contribution in [0.2, 0.25) is 0 Å². The summed E-state index contributed by atoms with van der Waals surface area (Å²) >= 11 is 0. The van der Waals surface area contributed by atoms with Crippen LogP contribution in [-0.2, 0) is 19.6 Å². The Balaban J connectivity index is 3.59. The van der Waals surface area contributed by atoms with E-state index in [9.17, 15) is 13.2 Å². The van der Waals surface area contributed by atoms with Crippen molar-refractivity contribution in [1.29, 1.82) is 0 Å². The fourth-order valence-electron chi connectivity index (χ4n) is 1.49. The largest absolute Gasteiger partial charge is 0.466 e. The lowest BCUT2D eigenvalue weighted by Gasteiger charge is -2.17. The number of carbonyl (C=O) groups excluding carboxylic acids is 1. The summed E-state index contributed by atoms with van der Waals surface area (Å²) in [7, 11) is -3.10. The molecule has 7 heteroatoms. The average molecular weight is 280 g/mol. The maximum Gasteiger partial charge on any atom is 0.307 e. The SMILES string of the molecule is CCOC(=O)CCNCCCN(CC)S(C)(=O)=O. The number of ether oxygens (including phenoxy) is 1. The molecule has 0 aliphatic rings. The molecular formula is C11H24N2O4S. The van der Waals surface area contributed by atoms with E-state index in [1.165, 1.54) is 10.6 Å². The number of esters is 1. The van der Waals surface area contributed by atoms with Gasteiger partial charge in [0.25, 0.3) is 0 Å². The molecule has 0 fully saturated rings. The van der Waals surface area contributed by atoms with Crippen LogP contribution >= 0.6 is 0 Å². The van der Waals surface area contributed by atoms with Crippen molar-refractivity contribution in [3.63, 3.8) is 0 Å². The smallest absolute Gasteiger partial charge is 0.307 e. The van der Waals surface area contributed by atoms with Crippen molar-refractivity contribution in [3.8, 4) is 0 Å². The molecule has 0 aliphatic carbocycles. The standard InChI is InChI=1S/C11H24N2O4S/c1-4-13(18(3,15)16)10-6-8-12-9-7-11(14)17-5-2/h12H,4-10H2,1-3H3. The second-order valence-corrected chi connectivity index (χ2v) is 5.90. The van der Waals surface area contributed by atoms with E-state index in [1.54, 1.807) is 6.92 Å². The molecule has 6 nitrogen and oxygen atoms in total. The third-order valence-electron chi connectivity index (χ3n) is 2.39. The van der Waals surface area contributed by atoms with E-state index in [0.29, 0.717) is 39.2 Å². The van der Waals surface area contributed by atoms with Crippen LogP contribution in [0.1, 0.15) is 26.7 Å². The second-order valence-electron chi connectivity index (χ2n) is 3.91. The van der Waals surface area contributed by atoms with Crippen LogP contribution < -0.4 is 5.32 Å². The first-order valence-electron chi connectivity index (χ1n) is 6.23. The highest BCUT2D eigenvalue weighted by molar-refractivity contribution is 7.88. The van der Waals surface area contributed by atoms with Crippen LogP contribution in [-0.4, -0.2) is 57.7 Å². The van der Waals surface area contributed by atoms with Crippen molar-refractivity contribution in [1.82, 2.24) is 9.62 Å². The topological polar surface area (TPSA) is 75.7 Å². The number of carbonyl (C=O) groups is 1. The summed E-state index contributed by atoms with van der Waals surface area (Å²) in [5, 5.41) is 3.08. The molecule has 0 heterocycles. The normalized spacial score (nSPS) is 11.8. The van der Waals surface area contributed by atoms with E-state index in [2.05, 4.69) is 5.32 Å². The molecule has 0 atom stereocenters. The molecule has 0 saturated heterocycles. The average Bonchev–Trinajstić information content (AvgIpc) is 2.26. The quantitative estimate of drug-likeness (QED) is 0.457. The maximum atomic E-state index is 11.3. The second kappa shape index (κ2) is 9.29. The fourth-order valence-corrected chi connectivity index (χ4v) is 2.42. The lowest BCUT2D eigenvalue weighted by Crippen LogP contribution is -2.32. The highest BCUT2D eigenvalue weighted by Crippen LogP contribution is 1.98. The first-order valence-corrected chi connectivity index (χ1v) is 8.08. The Morgan fingerprint density at radius 2 is 1.94 bits per heavy atom. The maximum absolute atomic E-state index is 11.3. The van der Waals surface area contributed by atoms with E-state index in [-0.39, 0.29) is 5.97 Å². The minimum Gasteiger partial charge on any atom is -0.466 e. The Bertz CT molecular complexity index is 330. The Hall–Kier alpha value is -0.660. The van der Waals surface area contributed by atoms with Crippen molar-refractivity contribution in [2.75, 3.05) is 39.0 Å². The Labute approximate surface area is 110 Å². The third-order valence-corrected chi connectivity index (χ3v) is 3.77. The molecule has 18 heavy (non-hydrogen) atoms. The first-order chi connectivity index (χ1) is 8.41. The molecule has 0 rings (SSSR count). The van der Waals surface area contributed by atoms with Gasteiger partial charge in [-0.1, -0.05) is 6.92 Å². The van der Waals surface area contributed by atoms with Crippen LogP contribution in [0.25, 0.3) is 0 Å². The molecule has 0 aromatic rings. The van der Waals surface area contributed by atoms with Gasteiger partial charge >= 0.3 is 5.97 Å². The molecular weight excluding hydrogens is 256 g/mol. The van der Waals surface area contributed by atoms with Gasteiger partial charge in [-0.25, -0.2) is 12.7 Å². The number of nitrogens with one attached hydrogen (secondary N) is 1. The van der Waals surface area contributed by atoms with Gasteiger partial charge in [-0.2, -0.15) is 0 Å². The lowest BCUT2D eigenvalue weighted by molar-refractivity contribution is -0.142. The van der Waals surface area contributed by atoms with Gasteiger partial charge < -0.3 is 10.1 Å². The van der Waals surface area contributed by atoms with Gasteiger partial charge in [-0.15, -0.1) is 0 Å². The van der Waals surface area contributed by atoms with Gasteiger partial charge in [0.1, 0.15) is 0 Å². The van der Waals surface area contributed by atoms with E-state index in [1.807, 2.05) is 6.92 Å². The van der Waals surface area contributed by atoms with Gasteiger partial charge in [-0.3, -0.25) is 4.79 Å². The Kier molecular flexibility index (Phi) is 8.95. The molecule has 108 valence electrons. The summed E-state index contributed by atoms with van der Waals surface area (Å²) in [4.78, 5) is 11.0. The highest BCUT2D eigenvalue weighted by atomic mass is 32.2. The number of nitrogens with zero attached hydrogens (tertiary/aromatic N) is 1. The summed E-state index contributed by atoms with van der Waals surface area (Å²) in [6, 6.07) is 0. The fraction of sp³-hybridized carbons (Fsp3) is 0.909. The van der Waals surface area contributed by atoms with Crippen LogP contribution in [0.5, 0.6) is 0 Å². The molecule has 0 aliphatic heterocycles. The van der Waals surface area contributed by atoms with Gasteiger partial charge in [0.2, 0.25) is 10.0 Å². The van der Waals surface area contributed by atoms with Crippen LogP contribution in [0, 0.1) is 0 Å². The summed E-state index contributed by atoms with van der Waals surface area (Å²) in [5.41, 5.74) is 0. The predicted molar refractivity (Wildman–Crippen MR) is 70.8 cm³/mol. The van der Waals surface area contributed by atoms with Crippen molar-refractivity contribution < 1.29 is 17.9 Å². The number of sulfonamides is 1. The zero-order chi connectivity index (χ0) is 14.0. The van der Waals surface area contributed by atoms with Crippen LogP contribution in [0.3, 0.4) is 0 Å². The van der Waals surface area contributed by atoms with E-state index >= 15 is 0 Å². The van der Waals surface area contributed by atoms with Crippen molar-refractivity contribution in [3.05, 3.63) is 0 Å². The van der Waals surface area contributed by atoms with E-state index in [4.69, 9.17) is 4.74 Å². The van der Waals surface area contributed by atoms with E-state index < -0.39 is 10.0 Å². The van der Waals surface area contributed by atoms with E-state index in [0.717, 1.165) is 6.42 Å². The van der Waals surface area contributed by atoms with Crippen molar-refractivity contribution >= 4 is 16.0 Å². The zero-order valence-corrected chi connectivity index (χ0v) is 12.3. The molecule has 1 N–H and O–H groups in total. The highest BCUT2D eigenvalue weighted by Gasteiger charge is 2.12. The summed E-state index contributed by atoms with van der Waals surface area (Å²) in [6.07, 6.45) is 2.28. The van der Waals surface area contributed by atoms with Crippen LogP contribution in [0.4, 0.5) is 0 Å². The molecule has 0 radical (unpaired) electrons. The van der Waals surface area contributed by atoms with Gasteiger partial charge in [0, 0.05) is 19.6 Å². The Morgan fingerprint density at radius 3 is 2.44 bits per heavy atom. The number of hydrogen-bond donors (Lipinski definition) is 1. The van der Waals surface area contributed by atoms with Gasteiger partial charge in [0.15, 0.2) is 0 Å². The molecule has 0 saturated carbocycles. The number of rotatable bonds is 10. The summed E-state index contributed by atoms with van der Waals surface area (Å²) < 4.78 is 28.8. The Morgan fingerprint density at radius 1 is 1.28 bits per heavy atom. The lowest BCUT2D eigenvalue weighted by atomic mass is 10.4. The number of hydrogen-bond acceptors (Lipinski definition) is 5. The predicted octanol–water partition coefficient (Wildman–Crippen LogP) is 0.201. The van der Waals surface area contributed by atoms with Crippen molar-refractivity contribution in [2.24, 2.45) is 0 Å². The molecule has 0 unspecified atom stereocenters. The third kappa shape index (κ3) is 8.43. The van der Waals surface area contributed by atoms with Crippen LogP contribution in [0.15, 0.2) is 0 Å². The molecule has 0 aromatic heterocycles. The minimum atomic E-state index is -3.10. The minimum absolute atomic E-state index is 0.212. The monoisotopic (exact) mass is 280 g/mol. The van der Waals surface area contributed by atoms with Gasteiger partial charge in [0.05, 0.1) is 19.3 Å². The molecule has 0 spiro atoms. The van der Waals surface area contributed by atoms with Gasteiger partial charge in [-0.05, 0) is 19.9 Å².